The number of fused-ring (bicyclic) bond motifs is 2. The lowest BCUT2D eigenvalue weighted by Gasteiger charge is -2.39. The quantitative estimate of drug-likeness (QED) is 0.636. The molecule has 1 aromatic rings. The van der Waals surface area contributed by atoms with Crippen molar-refractivity contribution >= 4 is 23.4 Å². The van der Waals surface area contributed by atoms with E-state index in [9.17, 15) is 27.2 Å². The third kappa shape index (κ3) is 4.82. The number of hydrogen-bond acceptors (Lipinski definition) is 3. The molecule has 5 nitrogen and oxygen atoms in total. The van der Waals surface area contributed by atoms with Crippen LogP contribution in [0.15, 0.2) is 18.2 Å². The number of rotatable bonds is 6. The zero-order chi connectivity index (χ0) is 22.4. The van der Waals surface area contributed by atoms with E-state index in [1.54, 1.807) is 0 Å². The van der Waals surface area contributed by atoms with E-state index in [-0.39, 0.29) is 48.0 Å². The Morgan fingerprint density at radius 2 is 1.77 bits per heavy atom. The van der Waals surface area contributed by atoms with Gasteiger partial charge in [0.25, 0.3) is 5.91 Å². The van der Waals surface area contributed by atoms with Crippen LogP contribution in [0.25, 0.3) is 0 Å². The molecule has 1 aliphatic carbocycles. The van der Waals surface area contributed by atoms with E-state index in [1.807, 2.05) is 4.90 Å². The highest BCUT2D eigenvalue weighted by molar-refractivity contribution is 6.31. The van der Waals surface area contributed by atoms with Crippen molar-refractivity contribution in [1.82, 2.24) is 15.5 Å². The number of piperidine rings is 1. The molecule has 3 atom stereocenters. The Kier molecular flexibility index (Phi) is 5.93. The molecule has 4 rings (SSSR count). The second-order valence-electron chi connectivity index (χ2n) is 8.89. The SMILES string of the molecule is O=C(CN1[C@@H]2CC[C@H]1CC(CNC(=O)c1cc(F)cc(Cl)c1)C2)NC1(C(F)(F)F)CC1. The summed E-state index contributed by atoms with van der Waals surface area (Å²) < 4.78 is 52.7. The number of carbonyl (C=O) groups is 2. The first-order chi connectivity index (χ1) is 14.6. The predicted molar refractivity (Wildman–Crippen MR) is 106 cm³/mol. The van der Waals surface area contributed by atoms with Crippen LogP contribution in [0.3, 0.4) is 0 Å². The first-order valence-corrected chi connectivity index (χ1v) is 10.8. The third-order valence-electron chi connectivity index (χ3n) is 6.66. The molecule has 2 saturated heterocycles. The molecule has 2 N–H and O–H groups in total. The van der Waals surface area contributed by atoms with Crippen molar-refractivity contribution in [3.05, 3.63) is 34.6 Å². The summed E-state index contributed by atoms with van der Waals surface area (Å²) in [4.78, 5) is 26.6. The Balaban J connectivity index is 1.28. The molecule has 0 aromatic heterocycles. The van der Waals surface area contributed by atoms with Gasteiger partial charge in [-0.1, -0.05) is 11.6 Å². The summed E-state index contributed by atoms with van der Waals surface area (Å²) in [5.41, 5.74) is -1.88. The minimum atomic E-state index is -4.42. The van der Waals surface area contributed by atoms with Gasteiger partial charge in [0.15, 0.2) is 0 Å². The van der Waals surface area contributed by atoms with Crippen LogP contribution in [0.4, 0.5) is 17.6 Å². The lowest BCUT2D eigenvalue weighted by atomic mass is 9.90. The smallest absolute Gasteiger partial charge is 0.352 e. The van der Waals surface area contributed by atoms with E-state index < -0.39 is 29.3 Å². The number of benzene rings is 1. The van der Waals surface area contributed by atoms with Gasteiger partial charge in [-0.2, -0.15) is 13.2 Å². The Morgan fingerprint density at radius 3 is 2.32 bits per heavy atom. The highest BCUT2D eigenvalue weighted by Crippen LogP contribution is 2.49. The van der Waals surface area contributed by atoms with E-state index in [2.05, 4.69) is 10.6 Å². The second-order valence-corrected chi connectivity index (χ2v) is 9.33. The Hall–Kier alpha value is -1.87. The molecule has 10 heteroatoms. The van der Waals surface area contributed by atoms with Crippen molar-refractivity contribution in [2.75, 3.05) is 13.1 Å². The van der Waals surface area contributed by atoms with Crippen LogP contribution in [0, 0.1) is 11.7 Å². The minimum absolute atomic E-state index is 0.0337. The molecule has 170 valence electrons. The van der Waals surface area contributed by atoms with Gasteiger partial charge in [0.05, 0.1) is 6.54 Å². The average Bonchev–Trinajstić information content (AvgIpc) is 3.41. The fourth-order valence-corrected chi connectivity index (χ4v) is 5.13. The van der Waals surface area contributed by atoms with Gasteiger partial charge in [-0.05, 0) is 62.6 Å². The van der Waals surface area contributed by atoms with Crippen LogP contribution in [0.1, 0.15) is 48.9 Å². The molecular formula is C21H24ClF4N3O2. The molecule has 2 aliphatic heterocycles. The molecule has 1 unspecified atom stereocenters. The molecule has 31 heavy (non-hydrogen) atoms. The van der Waals surface area contributed by atoms with E-state index in [4.69, 9.17) is 11.6 Å². The normalized spacial score (nSPS) is 27.1. The van der Waals surface area contributed by atoms with Crippen molar-refractivity contribution < 1.29 is 27.2 Å². The maximum atomic E-state index is 13.4. The summed E-state index contributed by atoms with van der Waals surface area (Å²) in [6, 6.07) is 3.87. The summed E-state index contributed by atoms with van der Waals surface area (Å²) >= 11 is 5.80. The topological polar surface area (TPSA) is 61.4 Å². The number of halogens is 5. The lowest BCUT2D eigenvalue weighted by Crippen LogP contribution is -2.54. The Labute approximate surface area is 182 Å². The van der Waals surface area contributed by atoms with Gasteiger partial charge in [0, 0.05) is 29.2 Å². The number of alkyl halides is 3. The largest absolute Gasteiger partial charge is 0.411 e. The van der Waals surface area contributed by atoms with Crippen LogP contribution in [-0.2, 0) is 4.79 Å². The fourth-order valence-electron chi connectivity index (χ4n) is 4.91. The van der Waals surface area contributed by atoms with Crippen LogP contribution in [0.2, 0.25) is 5.02 Å². The van der Waals surface area contributed by atoms with E-state index in [0.717, 1.165) is 37.8 Å². The van der Waals surface area contributed by atoms with Crippen LogP contribution >= 0.6 is 11.6 Å². The van der Waals surface area contributed by atoms with E-state index in [1.165, 1.54) is 6.07 Å². The maximum Gasteiger partial charge on any atom is 0.411 e. The second kappa shape index (κ2) is 8.24. The van der Waals surface area contributed by atoms with Crippen molar-refractivity contribution in [3.8, 4) is 0 Å². The standard InChI is InChI=1S/C21H24ClF4N3O2/c22-14-7-13(8-15(23)9-14)19(31)27-10-12-5-16-1-2-17(6-12)29(16)11-18(30)28-20(3-4-20)21(24,25)26/h7-9,12,16-17H,1-6,10-11H2,(H,27,31)(H,28,30)/t12?,16-,17+. The predicted octanol–water partition coefficient (Wildman–Crippen LogP) is 3.66. The number of hydrogen-bond donors (Lipinski definition) is 2. The van der Waals surface area contributed by atoms with Crippen molar-refractivity contribution in [3.63, 3.8) is 0 Å². The zero-order valence-corrected chi connectivity index (χ0v) is 17.5. The van der Waals surface area contributed by atoms with Crippen LogP contribution in [0.5, 0.6) is 0 Å². The van der Waals surface area contributed by atoms with Gasteiger partial charge >= 0.3 is 6.18 Å². The Morgan fingerprint density at radius 1 is 1.13 bits per heavy atom. The van der Waals surface area contributed by atoms with Gasteiger partial charge in [0.2, 0.25) is 5.91 Å². The number of amides is 2. The Bertz CT molecular complexity index is 840. The summed E-state index contributed by atoms with van der Waals surface area (Å²) in [5.74, 6) is -1.38. The molecule has 0 radical (unpaired) electrons. The molecule has 1 saturated carbocycles. The monoisotopic (exact) mass is 461 g/mol. The van der Waals surface area contributed by atoms with Gasteiger partial charge < -0.3 is 10.6 Å². The summed E-state index contributed by atoms with van der Waals surface area (Å²) in [6.07, 6.45) is -1.28. The first kappa shape index (κ1) is 22.3. The molecule has 0 spiro atoms. The highest BCUT2D eigenvalue weighted by atomic mass is 35.5. The van der Waals surface area contributed by atoms with Gasteiger partial charge in [-0.25, -0.2) is 4.39 Å². The molecule has 3 fully saturated rings. The van der Waals surface area contributed by atoms with Crippen LogP contribution in [-0.4, -0.2) is 53.6 Å². The summed E-state index contributed by atoms with van der Waals surface area (Å²) in [7, 11) is 0. The van der Waals surface area contributed by atoms with Gasteiger partial charge in [0.1, 0.15) is 11.4 Å². The molecule has 2 bridgehead atoms. The third-order valence-corrected chi connectivity index (χ3v) is 6.87. The maximum absolute atomic E-state index is 13.4. The zero-order valence-electron chi connectivity index (χ0n) is 16.8. The minimum Gasteiger partial charge on any atom is -0.352 e. The number of nitrogens with one attached hydrogen (secondary N) is 2. The molecular weight excluding hydrogens is 438 g/mol. The average molecular weight is 462 g/mol. The summed E-state index contributed by atoms with van der Waals surface area (Å²) in [5, 5.41) is 5.16. The molecule has 3 aliphatic rings. The van der Waals surface area contributed by atoms with E-state index in [0.29, 0.717) is 6.54 Å². The van der Waals surface area contributed by atoms with Gasteiger partial charge in [-0.15, -0.1) is 0 Å². The molecule has 1 aromatic carbocycles. The lowest BCUT2D eigenvalue weighted by molar-refractivity contribution is -0.170. The first-order valence-electron chi connectivity index (χ1n) is 10.4. The van der Waals surface area contributed by atoms with Crippen LogP contribution < -0.4 is 10.6 Å². The highest BCUT2D eigenvalue weighted by Gasteiger charge is 2.64. The van der Waals surface area contributed by atoms with Crippen molar-refractivity contribution in [1.29, 1.82) is 0 Å². The molecule has 2 heterocycles. The van der Waals surface area contributed by atoms with E-state index >= 15 is 0 Å². The fraction of sp³-hybridized carbons (Fsp3) is 0.619. The van der Waals surface area contributed by atoms with Crippen molar-refractivity contribution in [2.24, 2.45) is 5.92 Å². The van der Waals surface area contributed by atoms with Crippen molar-refractivity contribution in [2.45, 2.75) is 62.3 Å². The summed E-state index contributed by atoms with van der Waals surface area (Å²) in [6.45, 7) is 0.380. The molecule has 2 amide bonds. The number of nitrogens with zero attached hydrogens (tertiary/aromatic N) is 1. The number of carbonyl (C=O) groups excluding carboxylic acids is 2. The van der Waals surface area contributed by atoms with Gasteiger partial charge in [-0.3, -0.25) is 14.5 Å².